The third kappa shape index (κ3) is 4.20. The van der Waals surface area contributed by atoms with Gasteiger partial charge in [-0.15, -0.1) is 23.2 Å². The molecule has 2 aliphatic rings. The number of carbonyl (C=O) groups excluding carboxylic acids is 2. The van der Waals surface area contributed by atoms with Crippen LogP contribution in [0.4, 0.5) is 14.5 Å². The highest BCUT2D eigenvalue weighted by atomic mass is 35.5. The first kappa shape index (κ1) is 21.5. The van der Waals surface area contributed by atoms with Gasteiger partial charge in [0.25, 0.3) is 0 Å². The van der Waals surface area contributed by atoms with Gasteiger partial charge >= 0.3 is 0 Å². The van der Waals surface area contributed by atoms with Gasteiger partial charge in [-0.25, -0.2) is 8.78 Å². The summed E-state index contributed by atoms with van der Waals surface area (Å²) in [4.78, 5) is 25.3. The number of rotatable bonds is 6. The summed E-state index contributed by atoms with van der Waals surface area (Å²) in [5.41, 5.74) is 1.43. The molecule has 2 saturated carbocycles. The molecule has 2 fully saturated rings. The summed E-state index contributed by atoms with van der Waals surface area (Å²) in [7, 11) is 0. The van der Waals surface area contributed by atoms with E-state index in [1.165, 1.54) is 12.1 Å². The van der Waals surface area contributed by atoms with Crippen LogP contribution < -0.4 is 5.32 Å². The largest absolute Gasteiger partial charge is 0.326 e. The van der Waals surface area contributed by atoms with Crippen LogP contribution in [-0.2, 0) is 4.79 Å². The number of carbonyl (C=O) groups is 2. The molecule has 2 aromatic rings. The predicted octanol–water partition coefficient (Wildman–Crippen LogP) is 6.48. The smallest absolute Gasteiger partial charge is 0.248 e. The first-order valence-electron chi connectivity index (χ1n) is 9.53. The van der Waals surface area contributed by atoms with Crippen molar-refractivity contribution in [1.29, 1.82) is 0 Å². The lowest BCUT2D eigenvalue weighted by atomic mass is 9.77. The van der Waals surface area contributed by atoms with Crippen LogP contribution in [0.1, 0.15) is 41.1 Å². The van der Waals surface area contributed by atoms with E-state index in [9.17, 15) is 18.4 Å². The quantitative estimate of drug-likeness (QED) is 0.386. The Kier molecular flexibility index (Phi) is 5.58. The van der Waals surface area contributed by atoms with Gasteiger partial charge in [-0.1, -0.05) is 41.9 Å². The van der Waals surface area contributed by atoms with E-state index in [1.54, 1.807) is 6.07 Å². The maximum atomic E-state index is 13.0. The lowest BCUT2D eigenvalue weighted by molar-refractivity contribution is -0.117. The van der Waals surface area contributed by atoms with E-state index < -0.39 is 16.2 Å². The Bertz CT molecular complexity index is 989. The van der Waals surface area contributed by atoms with E-state index in [-0.39, 0.29) is 53.4 Å². The Balaban J connectivity index is 1.44. The fourth-order valence-electron chi connectivity index (χ4n) is 4.07. The number of anilines is 1. The van der Waals surface area contributed by atoms with Gasteiger partial charge in [0.2, 0.25) is 11.8 Å². The van der Waals surface area contributed by atoms with E-state index in [4.69, 9.17) is 34.8 Å². The molecule has 2 atom stereocenters. The Morgan fingerprint density at radius 3 is 2.37 bits per heavy atom. The fourth-order valence-corrected chi connectivity index (χ4v) is 5.12. The number of alkyl halides is 4. The summed E-state index contributed by atoms with van der Waals surface area (Å²) < 4.78 is 24.8. The van der Waals surface area contributed by atoms with Gasteiger partial charge in [0, 0.05) is 36.4 Å². The number of Topliss-reactive ketones (excluding diaryl/α,β-unsaturated/α-hetero) is 1. The summed E-state index contributed by atoms with van der Waals surface area (Å²) in [6, 6.07) is 13.8. The van der Waals surface area contributed by atoms with Crippen LogP contribution in [0.2, 0.25) is 5.02 Å². The highest BCUT2D eigenvalue weighted by Crippen LogP contribution is 2.65. The predicted molar refractivity (Wildman–Crippen MR) is 114 cm³/mol. The van der Waals surface area contributed by atoms with Gasteiger partial charge in [0.05, 0.1) is 10.9 Å². The average Bonchev–Trinajstić information content (AvgIpc) is 3.24. The Morgan fingerprint density at radius 2 is 1.73 bits per heavy atom. The Morgan fingerprint density at radius 1 is 1.07 bits per heavy atom. The molecule has 0 saturated heterocycles. The molecule has 0 bridgehead atoms. The zero-order valence-corrected chi connectivity index (χ0v) is 17.9. The van der Waals surface area contributed by atoms with Gasteiger partial charge < -0.3 is 5.32 Å². The number of hydrogen-bond acceptors (Lipinski definition) is 2. The molecule has 1 amide bonds. The minimum absolute atomic E-state index is 0.00210. The molecular formula is C22H18Cl3F2NO2. The van der Waals surface area contributed by atoms with E-state index in [0.29, 0.717) is 5.69 Å². The van der Waals surface area contributed by atoms with Gasteiger partial charge in [-0.2, -0.15) is 0 Å². The van der Waals surface area contributed by atoms with Crippen LogP contribution in [0.15, 0.2) is 48.5 Å². The highest BCUT2D eigenvalue weighted by molar-refractivity contribution is 6.53. The number of halogens is 5. The third-order valence-electron chi connectivity index (χ3n) is 5.68. The summed E-state index contributed by atoms with van der Waals surface area (Å²) in [5.74, 6) is -4.71. The molecule has 8 heteroatoms. The zero-order valence-electron chi connectivity index (χ0n) is 15.7. The standard InChI is InChI=1S/C22H18Cl3F2NO2/c23-16-7-6-14(9-15(16)17(29)8-12-10-21(26,27)11-12)28-20(30)19-18(22(19,24)25)13-4-2-1-3-5-13/h1-7,9,12,18-19H,8,10-11H2,(H,28,30). The molecule has 1 N–H and O–H groups in total. The molecule has 0 aromatic heterocycles. The van der Waals surface area contributed by atoms with Crippen molar-refractivity contribution in [3.8, 4) is 0 Å². The lowest BCUT2D eigenvalue weighted by Crippen LogP contribution is -2.36. The van der Waals surface area contributed by atoms with E-state index in [2.05, 4.69) is 5.32 Å². The Labute approximate surface area is 187 Å². The average molecular weight is 473 g/mol. The van der Waals surface area contributed by atoms with Crippen LogP contribution in [0, 0.1) is 11.8 Å². The second-order valence-corrected chi connectivity index (χ2v) is 9.83. The monoisotopic (exact) mass is 471 g/mol. The second kappa shape index (κ2) is 7.77. The van der Waals surface area contributed by atoms with Crippen LogP contribution in [-0.4, -0.2) is 21.9 Å². The molecule has 30 heavy (non-hydrogen) atoms. The molecule has 2 aromatic carbocycles. The van der Waals surface area contributed by atoms with E-state index >= 15 is 0 Å². The molecule has 158 valence electrons. The van der Waals surface area contributed by atoms with Crippen LogP contribution in [0.3, 0.4) is 0 Å². The summed E-state index contributed by atoms with van der Waals surface area (Å²) in [6.45, 7) is 0. The first-order valence-corrected chi connectivity index (χ1v) is 10.7. The van der Waals surface area contributed by atoms with Gasteiger partial charge in [0.1, 0.15) is 4.33 Å². The molecule has 0 radical (unpaired) electrons. The molecule has 2 unspecified atom stereocenters. The van der Waals surface area contributed by atoms with Crippen LogP contribution >= 0.6 is 34.8 Å². The molecule has 4 rings (SSSR count). The summed E-state index contributed by atoms with van der Waals surface area (Å²) in [5, 5.41) is 2.95. The number of ketones is 1. The van der Waals surface area contributed by atoms with E-state index in [0.717, 1.165) is 5.56 Å². The van der Waals surface area contributed by atoms with Crippen molar-refractivity contribution in [2.75, 3.05) is 5.32 Å². The van der Waals surface area contributed by atoms with Crippen molar-refractivity contribution in [3.05, 3.63) is 64.7 Å². The van der Waals surface area contributed by atoms with Crippen LogP contribution in [0.25, 0.3) is 0 Å². The number of hydrogen-bond donors (Lipinski definition) is 1. The molecular weight excluding hydrogens is 455 g/mol. The van der Waals surface area contributed by atoms with Crippen molar-refractivity contribution in [3.63, 3.8) is 0 Å². The number of amides is 1. The van der Waals surface area contributed by atoms with Crippen LogP contribution in [0.5, 0.6) is 0 Å². The van der Waals surface area contributed by atoms with E-state index in [1.807, 2.05) is 30.3 Å². The molecule has 0 spiro atoms. The highest BCUT2D eigenvalue weighted by Gasteiger charge is 2.67. The molecule has 2 aliphatic carbocycles. The topological polar surface area (TPSA) is 46.2 Å². The zero-order chi connectivity index (χ0) is 21.7. The third-order valence-corrected chi connectivity index (χ3v) is 6.95. The number of benzene rings is 2. The molecule has 3 nitrogen and oxygen atoms in total. The molecule has 0 heterocycles. The normalized spacial score (nSPS) is 24.0. The maximum Gasteiger partial charge on any atom is 0.248 e. The minimum atomic E-state index is -2.68. The fraction of sp³-hybridized carbons (Fsp3) is 0.364. The van der Waals surface area contributed by atoms with Crippen molar-refractivity contribution in [1.82, 2.24) is 0 Å². The van der Waals surface area contributed by atoms with Gasteiger partial charge in [-0.05, 0) is 29.7 Å². The Hall–Kier alpha value is -1.69. The van der Waals surface area contributed by atoms with Crippen molar-refractivity contribution in [2.24, 2.45) is 11.8 Å². The second-order valence-electron chi connectivity index (χ2n) is 7.98. The first-order chi connectivity index (χ1) is 14.1. The van der Waals surface area contributed by atoms with Crippen molar-refractivity contribution >= 4 is 52.2 Å². The van der Waals surface area contributed by atoms with Gasteiger partial charge in [-0.3, -0.25) is 9.59 Å². The lowest BCUT2D eigenvalue weighted by Gasteiger charge is -2.34. The summed E-state index contributed by atoms with van der Waals surface area (Å²) in [6.07, 6.45) is -0.580. The van der Waals surface area contributed by atoms with Crippen molar-refractivity contribution < 1.29 is 18.4 Å². The SMILES string of the molecule is O=C(CC1CC(F)(F)C1)c1cc(NC(=O)C2C(c3ccccc3)C2(Cl)Cl)ccc1Cl. The maximum absolute atomic E-state index is 13.0. The molecule has 0 aliphatic heterocycles. The summed E-state index contributed by atoms with van der Waals surface area (Å²) >= 11 is 18.8. The minimum Gasteiger partial charge on any atom is -0.326 e. The number of nitrogens with one attached hydrogen (secondary N) is 1. The van der Waals surface area contributed by atoms with Crippen molar-refractivity contribution in [2.45, 2.75) is 35.4 Å². The van der Waals surface area contributed by atoms with Gasteiger partial charge in [0.15, 0.2) is 5.78 Å².